The van der Waals surface area contributed by atoms with E-state index >= 15 is 0 Å². The monoisotopic (exact) mass is 487 g/mol. The normalized spacial score (nSPS) is 15.9. The number of nitrogens with zero attached hydrogens (tertiary/aromatic N) is 4. The Morgan fingerprint density at radius 1 is 1.06 bits per heavy atom. The third-order valence-corrected chi connectivity index (χ3v) is 6.05. The second kappa shape index (κ2) is 11.4. The third kappa shape index (κ3) is 6.09. The van der Waals surface area contributed by atoms with Crippen molar-refractivity contribution in [2.24, 2.45) is 10.7 Å². The summed E-state index contributed by atoms with van der Waals surface area (Å²) in [5, 5.41) is 15.6. The number of hydrogen-bond acceptors (Lipinski definition) is 4. The smallest absolute Gasteiger partial charge is 0.322 e. The maximum Gasteiger partial charge on any atom is 0.322 e. The number of hydrogen-bond donors (Lipinski definition) is 3. The first-order valence-corrected chi connectivity index (χ1v) is 11.6. The van der Waals surface area contributed by atoms with Gasteiger partial charge in [0.1, 0.15) is 0 Å². The highest BCUT2D eigenvalue weighted by molar-refractivity contribution is 6.30. The van der Waals surface area contributed by atoms with Gasteiger partial charge in [-0.2, -0.15) is 5.26 Å². The number of nitriles is 1. The third-order valence-electron chi connectivity index (χ3n) is 5.80. The Hall–Kier alpha value is -4.06. The van der Waals surface area contributed by atoms with Gasteiger partial charge in [-0.15, -0.1) is 0 Å². The molecule has 3 aromatic rings. The summed E-state index contributed by atoms with van der Waals surface area (Å²) in [6.07, 6.45) is 1.99. The molecule has 3 aromatic carbocycles. The number of carbonyl (C=O) groups is 1. The van der Waals surface area contributed by atoms with E-state index in [2.05, 4.69) is 15.6 Å². The first-order chi connectivity index (χ1) is 17.1. The predicted molar refractivity (Wildman–Crippen MR) is 138 cm³/mol. The molecule has 35 heavy (non-hydrogen) atoms. The number of halogens is 1. The molecule has 4 rings (SSSR count). The molecule has 2 amide bonds. The highest BCUT2D eigenvalue weighted by Gasteiger charge is 2.33. The fraction of sp³-hybridized carbons (Fsp3) is 0.192. The number of nitrogens with one attached hydrogen (secondary N) is 2. The van der Waals surface area contributed by atoms with Gasteiger partial charge in [0.25, 0.3) is 0 Å². The predicted octanol–water partition coefficient (Wildman–Crippen LogP) is 4.45. The van der Waals surface area contributed by atoms with E-state index in [1.807, 2.05) is 65.7 Å². The number of piperazine rings is 1. The molecule has 0 aromatic heterocycles. The molecular formula is C26H26ClN7O. The number of anilines is 1. The van der Waals surface area contributed by atoms with Gasteiger partial charge in [-0.3, -0.25) is 5.32 Å². The summed E-state index contributed by atoms with van der Waals surface area (Å²) in [4.78, 5) is 21.7. The summed E-state index contributed by atoms with van der Waals surface area (Å²) < 4.78 is 0. The number of urea groups is 1. The van der Waals surface area contributed by atoms with Crippen molar-refractivity contribution >= 4 is 35.0 Å². The van der Waals surface area contributed by atoms with Crippen molar-refractivity contribution in [3.05, 3.63) is 95.0 Å². The maximum atomic E-state index is 13.2. The summed E-state index contributed by atoms with van der Waals surface area (Å²) in [6.45, 7) is 1.86. The van der Waals surface area contributed by atoms with Crippen molar-refractivity contribution in [3.8, 4) is 6.19 Å². The van der Waals surface area contributed by atoms with Crippen LogP contribution in [0, 0.1) is 11.5 Å². The number of benzene rings is 3. The van der Waals surface area contributed by atoms with E-state index in [0.29, 0.717) is 48.5 Å². The van der Waals surface area contributed by atoms with Crippen LogP contribution in [-0.4, -0.2) is 41.4 Å². The van der Waals surface area contributed by atoms with Gasteiger partial charge < -0.3 is 20.9 Å². The van der Waals surface area contributed by atoms with Crippen LogP contribution >= 0.6 is 11.6 Å². The molecule has 0 bridgehead atoms. The van der Waals surface area contributed by atoms with Crippen LogP contribution in [0.3, 0.4) is 0 Å². The average molecular weight is 488 g/mol. The molecular weight excluding hydrogens is 462 g/mol. The second-order valence-electron chi connectivity index (χ2n) is 8.05. The lowest BCUT2D eigenvalue weighted by Crippen LogP contribution is -2.55. The lowest BCUT2D eigenvalue weighted by atomic mass is 10.0. The molecule has 178 valence electrons. The number of carbonyl (C=O) groups excluding carboxylic acids is 1. The van der Waals surface area contributed by atoms with E-state index in [1.54, 1.807) is 29.2 Å². The maximum absolute atomic E-state index is 13.2. The van der Waals surface area contributed by atoms with Crippen molar-refractivity contribution in [2.75, 3.05) is 25.0 Å². The Kier molecular flexibility index (Phi) is 7.83. The topological polar surface area (TPSA) is 110 Å². The van der Waals surface area contributed by atoms with Crippen LogP contribution in [0.25, 0.3) is 0 Å². The van der Waals surface area contributed by atoms with Gasteiger partial charge in [0.05, 0.1) is 11.7 Å². The first kappa shape index (κ1) is 24.1. The fourth-order valence-corrected chi connectivity index (χ4v) is 4.09. The van der Waals surface area contributed by atoms with E-state index in [4.69, 9.17) is 17.3 Å². The van der Waals surface area contributed by atoms with E-state index in [-0.39, 0.29) is 12.1 Å². The molecule has 0 saturated carbocycles. The van der Waals surface area contributed by atoms with Gasteiger partial charge in [0.2, 0.25) is 5.96 Å². The highest BCUT2D eigenvalue weighted by atomic mass is 35.5. The summed E-state index contributed by atoms with van der Waals surface area (Å²) in [5.74, 6) is 0.437. The van der Waals surface area contributed by atoms with Crippen molar-refractivity contribution in [3.63, 3.8) is 0 Å². The minimum atomic E-state index is -0.248. The van der Waals surface area contributed by atoms with Crippen molar-refractivity contribution in [1.82, 2.24) is 15.1 Å². The number of guanidine groups is 1. The molecule has 1 aliphatic heterocycles. The summed E-state index contributed by atoms with van der Waals surface area (Å²) >= 11 is 5.97. The quantitative estimate of drug-likeness (QED) is 0.218. The van der Waals surface area contributed by atoms with Gasteiger partial charge in [0, 0.05) is 36.9 Å². The SMILES string of the molecule is N#CNC(=Nc1ccc(CN)cc1)N1CCN(C(=O)Nc2ccc(Cl)cc2)C(c2ccccc2)C1. The molecule has 1 unspecified atom stereocenters. The standard InChI is InChI=1S/C26H26ClN7O/c27-21-8-12-23(13-9-21)32-26(35)34-15-14-33(17-24(34)20-4-2-1-3-5-20)25(30-18-29)31-22-10-6-19(16-28)7-11-22/h1-13,24H,14-17,28H2,(H,30,31)(H,32,35). The molecule has 1 atom stereocenters. The van der Waals surface area contributed by atoms with Crippen LogP contribution < -0.4 is 16.4 Å². The van der Waals surface area contributed by atoms with Gasteiger partial charge in [-0.05, 0) is 47.5 Å². The summed E-state index contributed by atoms with van der Waals surface area (Å²) in [6, 6.07) is 24.0. The number of nitrogens with two attached hydrogens (primary N) is 1. The molecule has 1 heterocycles. The van der Waals surface area contributed by atoms with Crippen LogP contribution in [0.5, 0.6) is 0 Å². The van der Waals surface area contributed by atoms with Crippen LogP contribution in [0.1, 0.15) is 17.2 Å². The van der Waals surface area contributed by atoms with E-state index in [9.17, 15) is 10.1 Å². The average Bonchev–Trinajstić information content (AvgIpc) is 2.90. The zero-order chi connectivity index (χ0) is 24.6. The molecule has 1 saturated heterocycles. The summed E-state index contributed by atoms with van der Waals surface area (Å²) in [7, 11) is 0. The Morgan fingerprint density at radius 3 is 2.43 bits per heavy atom. The first-order valence-electron chi connectivity index (χ1n) is 11.2. The van der Waals surface area contributed by atoms with Gasteiger partial charge >= 0.3 is 6.03 Å². The Balaban J connectivity index is 1.58. The van der Waals surface area contributed by atoms with E-state index in [0.717, 1.165) is 11.1 Å². The highest BCUT2D eigenvalue weighted by Crippen LogP contribution is 2.27. The minimum absolute atomic E-state index is 0.204. The van der Waals surface area contributed by atoms with Crippen LogP contribution in [-0.2, 0) is 6.54 Å². The van der Waals surface area contributed by atoms with Crippen molar-refractivity contribution in [2.45, 2.75) is 12.6 Å². The number of aliphatic imine (C=N–C) groups is 1. The van der Waals surface area contributed by atoms with Crippen molar-refractivity contribution < 1.29 is 4.79 Å². The zero-order valence-corrected chi connectivity index (χ0v) is 19.8. The van der Waals surface area contributed by atoms with Crippen LogP contribution in [0.15, 0.2) is 83.9 Å². The minimum Gasteiger partial charge on any atom is -0.338 e. The molecule has 0 aliphatic carbocycles. The second-order valence-corrected chi connectivity index (χ2v) is 8.48. The van der Waals surface area contributed by atoms with Crippen LogP contribution in [0.2, 0.25) is 5.02 Å². The number of rotatable bonds is 4. The Labute approximate surface area is 209 Å². The molecule has 9 heteroatoms. The molecule has 4 N–H and O–H groups in total. The van der Waals surface area contributed by atoms with Crippen LogP contribution in [0.4, 0.5) is 16.2 Å². The molecule has 1 fully saturated rings. The summed E-state index contributed by atoms with van der Waals surface area (Å²) in [5.41, 5.74) is 9.06. The van der Waals surface area contributed by atoms with E-state index in [1.165, 1.54) is 0 Å². The lowest BCUT2D eigenvalue weighted by molar-refractivity contribution is 0.135. The molecule has 1 aliphatic rings. The Morgan fingerprint density at radius 2 is 1.77 bits per heavy atom. The Bertz CT molecular complexity index is 1210. The number of amides is 2. The van der Waals surface area contributed by atoms with E-state index < -0.39 is 0 Å². The molecule has 0 radical (unpaired) electrons. The zero-order valence-electron chi connectivity index (χ0n) is 19.1. The van der Waals surface area contributed by atoms with Gasteiger partial charge in [-0.1, -0.05) is 54.1 Å². The lowest BCUT2D eigenvalue weighted by Gasteiger charge is -2.42. The molecule has 0 spiro atoms. The molecule has 8 nitrogen and oxygen atoms in total. The largest absolute Gasteiger partial charge is 0.338 e. The fourth-order valence-electron chi connectivity index (χ4n) is 3.96. The van der Waals surface area contributed by atoms with Gasteiger partial charge in [-0.25, -0.2) is 9.79 Å². The van der Waals surface area contributed by atoms with Gasteiger partial charge in [0.15, 0.2) is 6.19 Å². The van der Waals surface area contributed by atoms with Crippen molar-refractivity contribution in [1.29, 1.82) is 5.26 Å².